The van der Waals surface area contributed by atoms with Crippen molar-refractivity contribution in [1.82, 2.24) is 19.6 Å². The van der Waals surface area contributed by atoms with E-state index >= 15 is 0 Å². The van der Waals surface area contributed by atoms with E-state index in [0.29, 0.717) is 30.2 Å². The summed E-state index contributed by atoms with van der Waals surface area (Å²) in [6.45, 7) is 7.81. The first-order chi connectivity index (χ1) is 13.2. The fraction of sp³-hybridized carbons (Fsp3) is 0.500. The quantitative estimate of drug-likeness (QED) is 0.827. The zero-order valence-corrected chi connectivity index (χ0v) is 16.0. The number of amides is 1. The highest BCUT2D eigenvalue weighted by Crippen LogP contribution is 2.35. The first kappa shape index (κ1) is 17.9. The molecule has 0 bridgehead atoms. The van der Waals surface area contributed by atoms with Crippen LogP contribution < -0.4 is 9.47 Å². The second kappa shape index (κ2) is 7.60. The molecule has 7 heteroatoms. The Morgan fingerprint density at radius 1 is 1.11 bits per heavy atom. The van der Waals surface area contributed by atoms with Gasteiger partial charge in [-0.05, 0) is 24.7 Å². The van der Waals surface area contributed by atoms with Crippen LogP contribution in [0.15, 0.2) is 24.4 Å². The molecule has 0 saturated carbocycles. The summed E-state index contributed by atoms with van der Waals surface area (Å²) in [6, 6.07) is 5.77. The molecule has 4 rings (SSSR count). The Kier molecular flexibility index (Phi) is 5.03. The second-order valence-corrected chi connectivity index (χ2v) is 7.00. The average Bonchev–Trinajstić information content (AvgIpc) is 2.94. The molecule has 0 atom stereocenters. The summed E-state index contributed by atoms with van der Waals surface area (Å²) in [4.78, 5) is 17.4. The van der Waals surface area contributed by atoms with E-state index in [1.807, 2.05) is 36.3 Å². The van der Waals surface area contributed by atoms with Crippen LogP contribution in [0.3, 0.4) is 0 Å². The Morgan fingerprint density at radius 2 is 1.85 bits per heavy atom. The lowest BCUT2D eigenvalue weighted by Crippen LogP contribution is -2.48. The molecule has 7 nitrogen and oxygen atoms in total. The summed E-state index contributed by atoms with van der Waals surface area (Å²) in [5.74, 6) is 1.50. The lowest BCUT2D eigenvalue weighted by atomic mass is 10.1. The van der Waals surface area contributed by atoms with Crippen LogP contribution in [0.5, 0.6) is 11.5 Å². The number of aromatic nitrogens is 2. The molecule has 0 spiro atoms. The molecule has 1 fully saturated rings. The summed E-state index contributed by atoms with van der Waals surface area (Å²) in [7, 11) is 1.85. The number of carbonyl (C=O) groups excluding carboxylic acids is 1. The first-order valence-electron chi connectivity index (χ1n) is 9.61. The van der Waals surface area contributed by atoms with Crippen molar-refractivity contribution in [1.29, 1.82) is 0 Å². The van der Waals surface area contributed by atoms with Crippen molar-refractivity contribution in [2.75, 3.05) is 45.9 Å². The monoisotopic (exact) mass is 370 g/mol. The highest BCUT2D eigenvalue weighted by atomic mass is 16.5. The van der Waals surface area contributed by atoms with Crippen molar-refractivity contribution < 1.29 is 14.3 Å². The van der Waals surface area contributed by atoms with Crippen LogP contribution in [-0.2, 0) is 7.05 Å². The molecule has 0 N–H and O–H groups in total. The van der Waals surface area contributed by atoms with Gasteiger partial charge in [0.2, 0.25) is 0 Å². The molecule has 2 aliphatic rings. The number of hydrogen-bond acceptors (Lipinski definition) is 5. The predicted octanol–water partition coefficient (Wildman–Crippen LogP) is 2.03. The van der Waals surface area contributed by atoms with E-state index in [1.54, 1.807) is 4.68 Å². The van der Waals surface area contributed by atoms with Crippen LogP contribution in [0, 0.1) is 0 Å². The molecule has 0 radical (unpaired) electrons. The fourth-order valence-corrected chi connectivity index (χ4v) is 3.61. The summed E-state index contributed by atoms with van der Waals surface area (Å²) in [5.41, 5.74) is 2.20. The Morgan fingerprint density at radius 3 is 2.59 bits per heavy atom. The van der Waals surface area contributed by atoms with Crippen molar-refractivity contribution in [2.45, 2.75) is 13.3 Å². The fourth-order valence-electron chi connectivity index (χ4n) is 3.61. The molecule has 3 heterocycles. The lowest BCUT2D eigenvalue weighted by molar-refractivity contribution is 0.0644. The molecule has 2 aromatic rings. The topological polar surface area (TPSA) is 59.8 Å². The van der Waals surface area contributed by atoms with Gasteiger partial charge in [0, 0.05) is 51.4 Å². The number of hydrogen-bond donors (Lipinski definition) is 0. The van der Waals surface area contributed by atoms with Gasteiger partial charge in [0.1, 0.15) is 5.69 Å². The van der Waals surface area contributed by atoms with Gasteiger partial charge in [-0.3, -0.25) is 9.48 Å². The molecule has 1 amide bonds. The number of piperazine rings is 1. The van der Waals surface area contributed by atoms with Crippen molar-refractivity contribution in [3.63, 3.8) is 0 Å². The van der Waals surface area contributed by atoms with Crippen LogP contribution in [0.25, 0.3) is 11.3 Å². The van der Waals surface area contributed by atoms with Crippen LogP contribution in [-0.4, -0.2) is 71.4 Å². The van der Waals surface area contributed by atoms with E-state index in [9.17, 15) is 4.79 Å². The van der Waals surface area contributed by atoms with Crippen LogP contribution in [0.1, 0.15) is 23.7 Å². The molecule has 1 saturated heterocycles. The van der Waals surface area contributed by atoms with Crippen molar-refractivity contribution >= 4 is 5.91 Å². The van der Waals surface area contributed by atoms with Gasteiger partial charge in [0.05, 0.1) is 18.8 Å². The molecule has 2 aliphatic heterocycles. The first-order valence-corrected chi connectivity index (χ1v) is 9.61. The van der Waals surface area contributed by atoms with Gasteiger partial charge in [-0.15, -0.1) is 0 Å². The largest absolute Gasteiger partial charge is 0.490 e. The molecule has 1 aromatic carbocycles. The van der Waals surface area contributed by atoms with Gasteiger partial charge in [-0.25, -0.2) is 0 Å². The third-order valence-corrected chi connectivity index (χ3v) is 5.19. The third kappa shape index (κ3) is 3.64. The number of aryl methyl sites for hydroxylation is 1. The number of benzene rings is 1. The maximum atomic E-state index is 13.1. The summed E-state index contributed by atoms with van der Waals surface area (Å²) >= 11 is 0. The van der Waals surface area contributed by atoms with E-state index in [0.717, 1.165) is 50.5 Å². The van der Waals surface area contributed by atoms with E-state index in [2.05, 4.69) is 16.9 Å². The zero-order valence-electron chi connectivity index (χ0n) is 16.0. The minimum Gasteiger partial charge on any atom is -0.490 e. The van der Waals surface area contributed by atoms with Crippen molar-refractivity contribution in [3.8, 4) is 22.8 Å². The lowest BCUT2D eigenvalue weighted by Gasteiger charge is -2.34. The number of ether oxygens (including phenoxy) is 2. The van der Waals surface area contributed by atoms with Gasteiger partial charge in [0.15, 0.2) is 11.5 Å². The van der Waals surface area contributed by atoms with E-state index in [1.165, 1.54) is 0 Å². The van der Waals surface area contributed by atoms with Crippen LogP contribution in [0.2, 0.25) is 0 Å². The van der Waals surface area contributed by atoms with Crippen LogP contribution >= 0.6 is 0 Å². The number of carbonyl (C=O) groups is 1. The van der Waals surface area contributed by atoms with Crippen LogP contribution in [0.4, 0.5) is 0 Å². The van der Waals surface area contributed by atoms with Gasteiger partial charge in [0.25, 0.3) is 5.91 Å². The van der Waals surface area contributed by atoms with E-state index in [4.69, 9.17) is 9.47 Å². The van der Waals surface area contributed by atoms with Gasteiger partial charge < -0.3 is 19.3 Å². The highest BCUT2D eigenvalue weighted by Gasteiger charge is 2.26. The predicted molar refractivity (Wildman–Crippen MR) is 102 cm³/mol. The van der Waals surface area contributed by atoms with Crippen molar-refractivity contribution in [2.24, 2.45) is 7.05 Å². The SMILES string of the molecule is CCN1CCN(C(=O)c2cn(C)nc2-c2ccc3c(c2)OCCCO3)CC1. The smallest absolute Gasteiger partial charge is 0.257 e. The molecule has 1 aromatic heterocycles. The highest BCUT2D eigenvalue weighted by molar-refractivity contribution is 6.00. The third-order valence-electron chi connectivity index (χ3n) is 5.19. The molecule has 27 heavy (non-hydrogen) atoms. The normalized spacial score (nSPS) is 17.6. The number of nitrogens with zero attached hydrogens (tertiary/aromatic N) is 4. The second-order valence-electron chi connectivity index (χ2n) is 7.00. The molecule has 0 aliphatic carbocycles. The molecule has 144 valence electrons. The summed E-state index contributed by atoms with van der Waals surface area (Å²) in [5, 5.41) is 4.56. The Labute approximate surface area is 159 Å². The molecule has 0 unspecified atom stereocenters. The summed E-state index contributed by atoms with van der Waals surface area (Å²) in [6.07, 6.45) is 2.67. The zero-order chi connectivity index (χ0) is 18.8. The van der Waals surface area contributed by atoms with E-state index in [-0.39, 0.29) is 5.91 Å². The number of likely N-dealkylation sites (N-methyl/N-ethyl adjacent to an activating group) is 1. The van der Waals surface area contributed by atoms with Gasteiger partial charge >= 0.3 is 0 Å². The van der Waals surface area contributed by atoms with Crippen molar-refractivity contribution in [3.05, 3.63) is 30.0 Å². The minimum atomic E-state index is 0.0426. The van der Waals surface area contributed by atoms with E-state index < -0.39 is 0 Å². The Bertz CT molecular complexity index is 825. The van der Waals surface area contributed by atoms with Gasteiger partial charge in [-0.2, -0.15) is 5.10 Å². The maximum Gasteiger partial charge on any atom is 0.257 e. The standard InChI is InChI=1S/C20H26N4O3/c1-3-23-7-9-24(10-8-23)20(25)16-14-22(2)21-19(16)15-5-6-17-18(13-15)27-12-4-11-26-17/h5-6,13-14H,3-4,7-12H2,1-2H3. The summed E-state index contributed by atoms with van der Waals surface area (Å²) < 4.78 is 13.2. The number of fused-ring (bicyclic) bond motifs is 1. The minimum absolute atomic E-state index is 0.0426. The number of rotatable bonds is 3. The molecular formula is C20H26N4O3. The average molecular weight is 370 g/mol. The Balaban J connectivity index is 1.62. The van der Waals surface area contributed by atoms with Gasteiger partial charge in [-0.1, -0.05) is 6.92 Å². The Hall–Kier alpha value is -2.54. The molecular weight excluding hydrogens is 344 g/mol. The maximum absolute atomic E-state index is 13.1.